The number of hydrogen-bond acceptors (Lipinski definition) is 4. The molecule has 0 N–H and O–H groups in total. The van der Waals surface area contributed by atoms with E-state index in [-0.39, 0.29) is 6.71 Å². The van der Waals surface area contributed by atoms with Gasteiger partial charge in [0.25, 0.3) is 6.71 Å². The van der Waals surface area contributed by atoms with Crippen molar-refractivity contribution >= 4 is 79.0 Å². The van der Waals surface area contributed by atoms with Crippen LogP contribution in [-0.2, 0) is 0 Å². The molecule has 0 radical (unpaired) electrons. The van der Waals surface area contributed by atoms with Gasteiger partial charge in [0.2, 0.25) is 0 Å². The van der Waals surface area contributed by atoms with Crippen molar-refractivity contribution in [2.24, 2.45) is 0 Å². The third kappa shape index (κ3) is 3.70. The Labute approximate surface area is 278 Å². The van der Waals surface area contributed by atoms with E-state index in [1.165, 1.54) is 22.1 Å². The summed E-state index contributed by atoms with van der Waals surface area (Å²) in [4.78, 5) is 9.61. The van der Waals surface area contributed by atoms with E-state index in [1.807, 2.05) is 6.07 Å². The molecule has 6 heteroatoms. The summed E-state index contributed by atoms with van der Waals surface area (Å²) >= 11 is 0. The molecule has 0 saturated heterocycles. The maximum absolute atomic E-state index is 10.4. The number of fused-ring (bicyclic) bond motifs is 7. The van der Waals surface area contributed by atoms with E-state index in [0.29, 0.717) is 11.5 Å². The molecule has 222 valence electrons. The van der Waals surface area contributed by atoms with Crippen LogP contribution >= 0.6 is 0 Å². The molecule has 0 spiro atoms. The standard InChI is InChI=1S/C42H26BN5/c44-27-28-25-30(26-41(45-28)48-35-19-8-4-15-31(35)32-16-5-9-20-36(32)48)47-38-22-11-7-18-34(38)43-33-17-6-10-21-37(33)46(29-13-2-1-3-14-29)39-23-12-24-40(47)42(39)43/h1-26H. The zero-order valence-corrected chi connectivity index (χ0v) is 25.8. The summed E-state index contributed by atoms with van der Waals surface area (Å²) in [5.74, 6) is 0.710. The fourth-order valence-electron chi connectivity index (χ4n) is 7.94. The zero-order valence-electron chi connectivity index (χ0n) is 25.8. The Morgan fingerprint density at radius 3 is 1.65 bits per heavy atom. The van der Waals surface area contributed by atoms with Crippen molar-refractivity contribution in [1.29, 1.82) is 5.26 Å². The number of pyridine rings is 1. The molecule has 0 bridgehead atoms. The minimum atomic E-state index is 0.0499. The molecule has 0 aliphatic carbocycles. The van der Waals surface area contributed by atoms with E-state index >= 15 is 0 Å². The quantitative estimate of drug-likeness (QED) is 0.189. The molecular weight excluding hydrogens is 585 g/mol. The number of rotatable bonds is 3. The maximum Gasteiger partial charge on any atom is 0.252 e. The Morgan fingerprint density at radius 1 is 0.500 bits per heavy atom. The van der Waals surface area contributed by atoms with E-state index in [0.717, 1.165) is 50.2 Å². The van der Waals surface area contributed by atoms with Crippen LogP contribution in [0.2, 0.25) is 0 Å². The molecule has 0 saturated carbocycles. The highest BCUT2D eigenvalue weighted by molar-refractivity contribution is 7.00. The molecule has 2 aliphatic heterocycles. The van der Waals surface area contributed by atoms with Crippen LogP contribution in [0.4, 0.5) is 34.1 Å². The second kappa shape index (κ2) is 10.2. The van der Waals surface area contributed by atoms with Gasteiger partial charge in [-0.15, -0.1) is 0 Å². The summed E-state index contributed by atoms with van der Waals surface area (Å²) in [6, 6.07) is 57.9. The number of hydrogen-bond donors (Lipinski definition) is 0. The Balaban J connectivity index is 1.26. The smallest absolute Gasteiger partial charge is 0.252 e. The second-order valence-corrected chi connectivity index (χ2v) is 12.3. The molecule has 4 heterocycles. The van der Waals surface area contributed by atoms with Gasteiger partial charge in [0.05, 0.1) is 16.7 Å². The lowest BCUT2D eigenvalue weighted by Gasteiger charge is -2.44. The van der Waals surface area contributed by atoms with Crippen molar-refractivity contribution in [2.45, 2.75) is 0 Å². The number of para-hydroxylation sites is 5. The molecule has 6 aromatic carbocycles. The van der Waals surface area contributed by atoms with Crippen molar-refractivity contribution in [2.75, 3.05) is 9.80 Å². The predicted octanol–water partition coefficient (Wildman–Crippen LogP) is 8.13. The SMILES string of the molecule is N#Cc1cc(N2c3ccccc3B3c4ccccc4N(c4ccccc4)c4cccc2c43)cc(-n2c3ccccc3c3ccccc32)n1. The van der Waals surface area contributed by atoms with Gasteiger partial charge >= 0.3 is 0 Å². The molecular formula is C42H26BN5. The molecule has 10 rings (SSSR count). The van der Waals surface area contributed by atoms with Crippen LogP contribution < -0.4 is 26.2 Å². The first kappa shape index (κ1) is 26.6. The van der Waals surface area contributed by atoms with E-state index in [2.05, 4.69) is 172 Å². The van der Waals surface area contributed by atoms with E-state index in [1.54, 1.807) is 0 Å². The van der Waals surface area contributed by atoms with Gasteiger partial charge in [-0.3, -0.25) is 4.57 Å². The van der Waals surface area contributed by atoms with Gasteiger partial charge in [-0.1, -0.05) is 97.1 Å². The van der Waals surface area contributed by atoms with E-state index < -0.39 is 0 Å². The summed E-state index contributed by atoms with van der Waals surface area (Å²) in [6.07, 6.45) is 0. The number of aromatic nitrogens is 2. The maximum atomic E-state index is 10.4. The van der Waals surface area contributed by atoms with Crippen LogP contribution in [0.3, 0.4) is 0 Å². The molecule has 5 nitrogen and oxygen atoms in total. The van der Waals surface area contributed by atoms with Gasteiger partial charge in [-0.25, -0.2) is 4.98 Å². The lowest BCUT2D eigenvalue weighted by molar-refractivity contribution is 1.06. The summed E-state index contributed by atoms with van der Waals surface area (Å²) in [5, 5.41) is 12.7. The summed E-state index contributed by atoms with van der Waals surface area (Å²) in [7, 11) is 0. The molecule has 2 aromatic heterocycles. The van der Waals surface area contributed by atoms with Gasteiger partial charge in [-0.05, 0) is 71.0 Å². The zero-order chi connectivity index (χ0) is 31.8. The van der Waals surface area contributed by atoms with Gasteiger partial charge in [0.1, 0.15) is 17.6 Å². The second-order valence-electron chi connectivity index (χ2n) is 12.3. The third-order valence-electron chi connectivity index (χ3n) is 9.80. The first-order valence-corrected chi connectivity index (χ1v) is 16.2. The molecule has 48 heavy (non-hydrogen) atoms. The van der Waals surface area contributed by atoms with Gasteiger partial charge < -0.3 is 9.80 Å². The lowest BCUT2D eigenvalue weighted by Crippen LogP contribution is -2.61. The fraction of sp³-hybridized carbons (Fsp3) is 0. The van der Waals surface area contributed by atoms with Crippen molar-refractivity contribution in [1.82, 2.24) is 9.55 Å². The average molecular weight is 612 g/mol. The highest BCUT2D eigenvalue weighted by Gasteiger charge is 2.42. The van der Waals surface area contributed by atoms with Crippen molar-refractivity contribution in [3.8, 4) is 11.9 Å². The first-order chi connectivity index (χ1) is 23.8. The van der Waals surface area contributed by atoms with Crippen LogP contribution in [0.25, 0.3) is 27.6 Å². The molecule has 0 unspecified atom stereocenters. The highest BCUT2D eigenvalue weighted by atomic mass is 15.2. The van der Waals surface area contributed by atoms with Crippen molar-refractivity contribution in [3.63, 3.8) is 0 Å². The van der Waals surface area contributed by atoms with Crippen LogP contribution in [0.5, 0.6) is 0 Å². The summed E-state index contributed by atoms with van der Waals surface area (Å²) < 4.78 is 2.18. The van der Waals surface area contributed by atoms with Crippen molar-refractivity contribution < 1.29 is 0 Å². The van der Waals surface area contributed by atoms with Gasteiger partial charge in [0, 0.05) is 45.3 Å². The third-order valence-corrected chi connectivity index (χ3v) is 9.80. The van der Waals surface area contributed by atoms with Gasteiger partial charge in [-0.2, -0.15) is 5.26 Å². The monoisotopic (exact) mass is 611 g/mol. The average Bonchev–Trinajstić information content (AvgIpc) is 3.49. The Bertz CT molecular complexity index is 2570. The number of anilines is 6. The molecule has 8 aromatic rings. The topological polar surface area (TPSA) is 48.1 Å². The largest absolute Gasteiger partial charge is 0.311 e. The van der Waals surface area contributed by atoms with Crippen LogP contribution in [0.15, 0.2) is 158 Å². The minimum absolute atomic E-state index is 0.0499. The molecule has 0 amide bonds. The highest BCUT2D eigenvalue weighted by Crippen LogP contribution is 2.44. The Kier molecular flexibility index (Phi) is 5.67. The van der Waals surface area contributed by atoms with Gasteiger partial charge in [0.15, 0.2) is 0 Å². The van der Waals surface area contributed by atoms with Crippen LogP contribution in [0.1, 0.15) is 5.69 Å². The molecule has 0 fully saturated rings. The Hall–Kier alpha value is -6.58. The molecule has 0 atom stereocenters. The molecule has 2 aliphatic rings. The number of nitrogens with zero attached hydrogens (tertiary/aromatic N) is 5. The predicted molar refractivity (Wildman–Crippen MR) is 197 cm³/mol. The number of benzene rings is 6. The summed E-state index contributed by atoms with van der Waals surface area (Å²) in [6.45, 7) is 0.0499. The fourth-order valence-corrected chi connectivity index (χ4v) is 7.94. The van der Waals surface area contributed by atoms with E-state index in [4.69, 9.17) is 4.98 Å². The first-order valence-electron chi connectivity index (χ1n) is 16.2. The minimum Gasteiger partial charge on any atom is -0.311 e. The normalized spacial score (nSPS) is 12.9. The number of nitriles is 1. The van der Waals surface area contributed by atoms with Crippen molar-refractivity contribution in [3.05, 3.63) is 163 Å². The van der Waals surface area contributed by atoms with Crippen LogP contribution in [0, 0.1) is 11.3 Å². The lowest BCUT2D eigenvalue weighted by atomic mass is 9.33. The van der Waals surface area contributed by atoms with E-state index in [9.17, 15) is 5.26 Å². The summed E-state index contributed by atoms with van der Waals surface area (Å²) in [5.41, 5.74) is 12.8. The Morgan fingerprint density at radius 2 is 1.02 bits per heavy atom. The van der Waals surface area contributed by atoms with Crippen LogP contribution in [-0.4, -0.2) is 16.3 Å².